The largest absolute Gasteiger partial charge is 0.361 e. The van der Waals surface area contributed by atoms with E-state index in [-0.39, 0.29) is 17.0 Å². The summed E-state index contributed by atoms with van der Waals surface area (Å²) in [7, 11) is 0. The average molecular weight is 408 g/mol. The summed E-state index contributed by atoms with van der Waals surface area (Å²) >= 11 is 0. The number of carbonyl (C=O) groups is 3. The standard InChI is InChI=1S/C22H24N4O4/c1-22(2,3)25-21(29)18(16-12-23-17-7-5-4-6-15(16)17)24-19(27)13-8-10-14(11-9-13)20(28)26-30/h4-12,18,23,30H,1-3H3,(H,24,27)(H,25,29)(H,26,28)/t18-/m0/s1. The minimum atomic E-state index is -0.923. The predicted octanol–water partition coefficient (Wildman–Crippen LogP) is 2.67. The van der Waals surface area contributed by atoms with E-state index in [1.54, 1.807) is 6.20 Å². The van der Waals surface area contributed by atoms with Crippen molar-refractivity contribution in [3.63, 3.8) is 0 Å². The van der Waals surface area contributed by atoms with Crippen molar-refractivity contribution < 1.29 is 19.6 Å². The maximum Gasteiger partial charge on any atom is 0.274 e. The number of amides is 3. The Morgan fingerprint density at radius 3 is 2.13 bits per heavy atom. The molecule has 2 aromatic carbocycles. The minimum Gasteiger partial charge on any atom is -0.361 e. The zero-order chi connectivity index (χ0) is 21.9. The van der Waals surface area contributed by atoms with Gasteiger partial charge in [-0.1, -0.05) is 18.2 Å². The summed E-state index contributed by atoms with van der Waals surface area (Å²) in [5, 5.41) is 15.2. The Labute approximate surface area is 173 Å². The first kappa shape index (κ1) is 21.1. The van der Waals surface area contributed by atoms with Crippen LogP contribution in [0.25, 0.3) is 10.9 Å². The molecule has 0 saturated heterocycles. The lowest BCUT2D eigenvalue weighted by Crippen LogP contribution is -2.47. The normalized spacial score (nSPS) is 12.3. The number of aromatic amines is 1. The fourth-order valence-electron chi connectivity index (χ4n) is 3.11. The summed E-state index contributed by atoms with van der Waals surface area (Å²) < 4.78 is 0. The Kier molecular flexibility index (Phi) is 5.89. The van der Waals surface area contributed by atoms with Crippen LogP contribution in [0.5, 0.6) is 0 Å². The number of rotatable bonds is 5. The van der Waals surface area contributed by atoms with Crippen LogP contribution in [0, 0.1) is 0 Å². The van der Waals surface area contributed by atoms with E-state index in [9.17, 15) is 14.4 Å². The molecule has 0 fully saturated rings. The summed E-state index contributed by atoms with van der Waals surface area (Å²) in [6.07, 6.45) is 1.71. The molecule has 156 valence electrons. The van der Waals surface area contributed by atoms with E-state index >= 15 is 0 Å². The van der Waals surface area contributed by atoms with Gasteiger partial charge in [-0.3, -0.25) is 19.6 Å². The van der Waals surface area contributed by atoms with E-state index in [2.05, 4.69) is 15.6 Å². The number of H-pyrrole nitrogens is 1. The van der Waals surface area contributed by atoms with E-state index in [4.69, 9.17) is 5.21 Å². The highest BCUT2D eigenvalue weighted by atomic mass is 16.5. The number of nitrogens with one attached hydrogen (secondary N) is 4. The SMILES string of the molecule is CC(C)(C)NC(=O)[C@@H](NC(=O)c1ccc(C(=O)NO)cc1)c1c[nH]c2ccccc12. The van der Waals surface area contributed by atoms with Gasteiger partial charge in [0, 0.05) is 39.3 Å². The van der Waals surface area contributed by atoms with Gasteiger partial charge in [-0.2, -0.15) is 0 Å². The molecule has 30 heavy (non-hydrogen) atoms. The number of hydroxylamine groups is 1. The van der Waals surface area contributed by atoms with Crippen LogP contribution in [0.3, 0.4) is 0 Å². The van der Waals surface area contributed by atoms with Gasteiger partial charge in [0.05, 0.1) is 0 Å². The number of aromatic nitrogens is 1. The molecule has 0 saturated carbocycles. The predicted molar refractivity (Wildman–Crippen MR) is 112 cm³/mol. The molecule has 1 atom stereocenters. The van der Waals surface area contributed by atoms with E-state index < -0.39 is 23.4 Å². The Bertz CT molecular complexity index is 1080. The van der Waals surface area contributed by atoms with Crippen LogP contribution in [0.2, 0.25) is 0 Å². The molecule has 3 rings (SSSR count). The van der Waals surface area contributed by atoms with Crippen molar-refractivity contribution in [1.82, 2.24) is 21.1 Å². The molecule has 3 aromatic rings. The minimum absolute atomic E-state index is 0.202. The number of benzene rings is 2. The molecule has 0 aliphatic carbocycles. The van der Waals surface area contributed by atoms with Gasteiger partial charge in [-0.25, -0.2) is 5.48 Å². The fourth-order valence-corrected chi connectivity index (χ4v) is 3.11. The van der Waals surface area contributed by atoms with Gasteiger partial charge in [0.25, 0.3) is 11.8 Å². The third-order valence-electron chi connectivity index (χ3n) is 4.48. The second kappa shape index (κ2) is 8.38. The Morgan fingerprint density at radius 1 is 0.933 bits per heavy atom. The van der Waals surface area contributed by atoms with E-state index in [1.165, 1.54) is 29.7 Å². The van der Waals surface area contributed by atoms with Gasteiger partial charge < -0.3 is 15.6 Å². The number of hydrogen-bond donors (Lipinski definition) is 5. The van der Waals surface area contributed by atoms with Crippen LogP contribution in [0.1, 0.15) is 53.1 Å². The van der Waals surface area contributed by atoms with Crippen LogP contribution in [0.15, 0.2) is 54.7 Å². The van der Waals surface area contributed by atoms with E-state index in [0.717, 1.165) is 10.9 Å². The van der Waals surface area contributed by atoms with Crippen LogP contribution in [-0.4, -0.2) is 33.5 Å². The van der Waals surface area contributed by atoms with Gasteiger partial charge in [-0.15, -0.1) is 0 Å². The molecule has 0 bridgehead atoms. The van der Waals surface area contributed by atoms with Crippen LogP contribution in [-0.2, 0) is 4.79 Å². The van der Waals surface area contributed by atoms with Crippen molar-refractivity contribution >= 4 is 28.6 Å². The molecule has 1 heterocycles. The molecule has 0 aliphatic heterocycles. The first-order valence-electron chi connectivity index (χ1n) is 9.43. The Morgan fingerprint density at radius 2 is 1.53 bits per heavy atom. The zero-order valence-corrected chi connectivity index (χ0v) is 16.9. The first-order valence-corrected chi connectivity index (χ1v) is 9.43. The van der Waals surface area contributed by atoms with Crippen molar-refractivity contribution in [3.8, 4) is 0 Å². The molecule has 8 nitrogen and oxygen atoms in total. The fraction of sp³-hybridized carbons (Fsp3) is 0.227. The summed E-state index contributed by atoms with van der Waals surface area (Å²) in [6.45, 7) is 5.60. The lowest BCUT2D eigenvalue weighted by atomic mass is 10.0. The van der Waals surface area contributed by atoms with Gasteiger partial charge in [0.1, 0.15) is 6.04 Å². The summed E-state index contributed by atoms with van der Waals surface area (Å²) in [4.78, 5) is 40.5. The van der Waals surface area contributed by atoms with Gasteiger partial charge >= 0.3 is 0 Å². The third-order valence-corrected chi connectivity index (χ3v) is 4.48. The topological polar surface area (TPSA) is 123 Å². The molecular formula is C22H24N4O4. The smallest absolute Gasteiger partial charge is 0.274 e. The summed E-state index contributed by atoms with van der Waals surface area (Å²) in [5.74, 6) is -1.48. The Hall–Kier alpha value is -3.65. The highest BCUT2D eigenvalue weighted by molar-refractivity contribution is 6.01. The first-order chi connectivity index (χ1) is 14.2. The number of hydrogen-bond acceptors (Lipinski definition) is 4. The molecule has 5 N–H and O–H groups in total. The molecular weight excluding hydrogens is 384 g/mol. The molecule has 1 aromatic heterocycles. The molecule has 0 spiro atoms. The maximum absolute atomic E-state index is 13.0. The van der Waals surface area contributed by atoms with Gasteiger partial charge in [0.2, 0.25) is 5.91 Å². The number of carbonyl (C=O) groups excluding carboxylic acids is 3. The maximum atomic E-state index is 13.0. The van der Waals surface area contributed by atoms with Crippen molar-refractivity contribution in [1.29, 1.82) is 0 Å². The van der Waals surface area contributed by atoms with Gasteiger partial charge in [-0.05, 0) is 51.1 Å². The highest BCUT2D eigenvalue weighted by Gasteiger charge is 2.28. The van der Waals surface area contributed by atoms with Crippen LogP contribution >= 0.6 is 0 Å². The molecule has 3 amide bonds. The summed E-state index contributed by atoms with van der Waals surface area (Å²) in [5.41, 5.74) is 3.04. The molecule has 0 aliphatic rings. The van der Waals surface area contributed by atoms with Crippen LogP contribution in [0.4, 0.5) is 0 Å². The summed E-state index contributed by atoms with van der Waals surface area (Å²) in [6, 6.07) is 12.3. The zero-order valence-electron chi connectivity index (χ0n) is 16.9. The Balaban J connectivity index is 1.91. The van der Waals surface area contributed by atoms with Crippen molar-refractivity contribution in [2.24, 2.45) is 0 Å². The average Bonchev–Trinajstić information content (AvgIpc) is 3.14. The quantitative estimate of drug-likeness (QED) is 0.329. The van der Waals surface area contributed by atoms with Crippen molar-refractivity contribution in [2.75, 3.05) is 0 Å². The van der Waals surface area contributed by atoms with Gasteiger partial charge in [0.15, 0.2) is 0 Å². The van der Waals surface area contributed by atoms with E-state index in [0.29, 0.717) is 5.56 Å². The second-order valence-electron chi connectivity index (χ2n) is 7.95. The van der Waals surface area contributed by atoms with E-state index in [1.807, 2.05) is 45.0 Å². The second-order valence-corrected chi connectivity index (χ2v) is 7.95. The monoisotopic (exact) mass is 408 g/mol. The van der Waals surface area contributed by atoms with Crippen molar-refractivity contribution in [3.05, 3.63) is 71.4 Å². The highest BCUT2D eigenvalue weighted by Crippen LogP contribution is 2.25. The lowest BCUT2D eigenvalue weighted by Gasteiger charge is -2.25. The number of para-hydroxylation sites is 1. The number of fused-ring (bicyclic) bond motifs is 1. The van der Waals surface area contributed by atoms with Crippen molar-refractivity contribution in [2.45, 2.75) is 32.4 Å². The van der Waals surface area contributed by atoms with Crippen LogP contribution < -0.4 is 16.1 Å². The molecule has 8 heteroatoms. The molecule has 0 unspecified atom stereocenters. The third kappa shape index (κ3) is 4.66. The lowest BCUT2D eigenvalue weighted by molar-refractivity contribution is -0.124. The molecule has 0 radical (unpaired) electrons.